The first-order valence-electron chi connectivity index (χ1n) is 10.1. The highest BCUT2D eigenvalue weighted by Crippen LogP contribution is 2.35. The largest absolute Gasteiger partial charge is 0.433 e. The van der Waals surface area contributed by atoms with Crippen molar-refractivity contribution in [2.24, 2.45) is 11.8 Å². The molecule has 0 spiro atoms. The molecule has 0 aliphatic carbocycles. The van der Waals surface area contributed by atoms with Crippen LogP contribution in [0, 0.1) is 18.8 Å². The van der Waals surface area contributed by atoms with Gasteiger partial charge in [0.2, 0.25) is 5.91 Å². The van der Waals surface area contributed by atoms with E-state index < -0.39 is 11.9 Å². The number of pyridine rings is 1. The van der Waals surface area contributed by atoms with Crippen LogP contribution in [0.4, 0.5) is 13.2 Å². The quantitative estimate of drug-likeness (QED) is 0.752. The van der Waals surface area contributed by atoms with E-state index in [-0.39, 0.29) is 28.6 Å². The average molecular weight is 442 g/mol. The summed E-state index contributed by atoms with van der Waals surface area (Å²) in [5, 5.41) is 3.59. The van der Waals surface area contributed by atoms with Gasteiger partial charge in [-0.15, -0.1) is 11.3 Å². The Kier molecular flexibility index (Phi) is 6.40. The Hall–Kier alpha value is -2.16. The van der Waals surface area contributed by atoms with E-state index in [1.165, 1.54) is 6.07 Å². The van der Waals surface area contributed by atoms with E-state index in [4.69, 9.17) is 0 Å². The lowest BCUT2D eigenvalue weighted by molar-refractivity contribution is -0.141. The molecule has 3 rings (SSSR count). The number of piperidine rings is 1. The van der Waals surface area contributed by atoms with Crippen LogP contribution in [-0.2, 0) is 11.0 Å². The fourth-order valence-electron chi connectivity index (χ4n) is 3.46. The van der Waals surface area contributed by atoms with Crippen LogP contribution >= 0.6 is 11.3 Å². The maximum absolute atomic E-state index is 13.0. The maximum Gasteiger partial charge on any atom is 0.433 e. The van der Waals surface area contributed by atoms with Crippen molar-refractivity contribution in [1.29, 1.82) is 0 Å². The van der Waals surface area contributed by atoms with Crippen molar-refractivity contribution in [2.45, 2.75) is 52.8 Å². The molecule has 1 unspecified atom stereocenters. The van der Waals surface area contributed by atoms with Crippen molar-refractivity contribution >= 4 is 33.4 Å². The SMILES string of the molecule is Cc1c(C(=O)N2CCC(C(=O)NC(C)C(C)C)CC2)sc2nc(C(F)(F)F)ccc12. The summed E-state index contributed by atoms with van der Waals surface area (Å²) in [6, 6.07) is 2.41. The fraction of sp³-hybridized carbons (Fsp3) is 0.571. The number of aryl methyl sites for hydroxylation is 1. The first-order valence-corrected chi connectivity index (χ1v) is 10.9. The lowest BCUT2D eigenvalue weighted by atomic mass is 9.94. The minimum atomic E-state index is -4.52. The van der Waals surface area contributed by atoms with Crippen molar-refractivity contribution < 1.29 is 22.8 Å². The molecule has 1 aliphatic rings. The molecule has 0 aromatic carbocycles. The summed E-state index contributed by atoms with van der Waals surface area (Å²) in [5.41, 5.74) is -0.315. The molecule has 30 heavy (non-hydrogen) atoms. The second-order valence-corrected chi connectivity index (χ2v) is 9.21. The van der Waals surface area contributed by atoms with Crippen LogP contribution in [0.1, 0.15) is 54.5 Å². The number of aromatic nitrogens is 1. The predicted molar refractivity (Wildman–Crippen MR) is 110 cm³/mol. The monoisotopic (exact) mass is 441 g/mol. The zero-order valence-corrected chi connectivity index (χ0v) is 18.3. The Balaban J connectivity index is 1.70. The molecule has 3 heterocycles. The molecule has 1 saturated heterocycles. The summed E-state index contributed by atoms with van der Waals surface area (Å²) < 4.78 is 38.8. The van der Waals surface area contributed by atoms with Gasteiger partial charge in [0, 0.05) is 30.4 Å². The zero-order chi connectivity index (χ0) is 22.2. The number of nitrogens with one attached hydrogen (secondary N) is 1. The fourth-order valence-corrected chi connectivity index (χ4v) is 4.61. The van der Waals surface area contributed by atoms with E-state index in [0.29, 0.717) is 47.7 Å². The summed E-state index contributed by atoms with van der Waals surface area (Å²) in [7, 11) is 0. The molecule has 0 bridgehead atoms. The van der Waals surface area contributed by atoms with Gasteiger partial charge in [0.05, 0.1) is 4.88 Å². The van der Waals surface area contributed by atoms with Crippen LogP contribution in [-0.4, -0.2) is 40.8 Å². The van der Waals surface area contributed by atoms with Gasteiger partial charge in [-0.3, -0.25) is 9.59 Å². The molecule has 2 aromatic rings. The minimum absolute atomic E-state index is 0.0187. The van der Waals surface area contributed by atoms with Gasteiger partial charge in [0.1, 0.15) is 10.5 Å². The zero-order valence-electron chi connectivity index (χ0n) is 17.5. The van der Waals surface area contributed by atoms with E-state index in [1.807, 2.05) is 20.8 Å². The summed E-state index contributed by atoms with van der Waals surface area (Å²) in [6.07, 6.45) is -3.38. The van der Waals surface area contributed by atoms with Gasteiger partial charge in [-0.25, -0.2) is 4.98 Å². The van der Waals surface area contributed by atoms with E-state index in [0.717, 1.165) is 17.4 Å². The van der Waals surface area contributed by atoms with E-state index in [2.05, 4.69) is 10.3 Å². The second kappa shape index (κ2) is 8.53. The number of nitrogens with zero attached hydrogens (tertiary/aromatic N) is 2. The van der Waals surface area contributed by atoms with Gasteiger partial charge in [0.25, 0.3) is 5.91 Å². The van der Waals surface area contributed by atoms with E-state index >= 15 is 0 Å². The van der Waals surface area contributed by atoms with Crippen LogP contribution in [0.25, 0.3) is 10.2 Å². The molecule has 1 atom stereocenters. The molecule has 1 N–H and O–H groups in total. The number of carbonyl (C=O) groups excluding carboxylic acids is 2. The third-order valence-electron chi connectivity index (χ3n) is 5.81. The number of amides is 2. The number of hydrogen-bond donors (Lipinski definition) is 1. The van der Waals surface area contributed by atoms with Crippen LogP contribution in [0.15, 0.2) is 12.1 Å². The van der Waals surface area contributed by atoms with Gasteiger partial charge >= 0.3 is 6.18 Å². The summed E-state index contributed by atoms with van der Waals surface area (Å²) in [5.74, 6) is 0.0245. The van der Waals surface area contributed by atoms with Gasteiger partial charge in [-0.05, 0) is 50.3 Å². The number of rotatable bonds is 4. The van der Waals surface area contributed by atoms with Gasteiger partial charge in [0.15, 0.2) is 0 Å². The molecule has 9 heteroatoms. The van der Waals surface area contributed by atoms with Crippen LogP contribution in [0.5, 0.6) is 0 Å². The standard InChI is InChI=1S/C21H26F3N3O2S/c1-11(2)13(4)25-18(28)14-7-9-27(10-8-14)20(29)17-12(3)15-5-6-16(21(22,23)24)26-19(15)30-17/h5-6,11,13-14H,7-10H2,1-4H3,(H,25,28). The molecule has 1 fully saturated rings. The predicted octanol–water partition coefficient (Wildman–Crippen LogP) is 4.64. The number of thiophene rings is 1. The highest BCUT2D eigenvalue weighted by atomic mass is 32.1. The molecule has 0 radical (unpaired) electrons. The minimum Gasteiger partial charge on any atom is -0.353 e. The number of carbonyl (C=O) groups is 2. The van der Waals surface area contributed by atoms with Gasteiger partial charge in [-0.2, -0.15) is 13.2 Å². The van der Waals surface area contributed by atoms with Gasteiger partial charge in [-0.1, -0.05) is 13.8 Å². The molecule has 2 amide bonds. The highest BCUT2D eigenvalue weighted by molar-refractivity contribution is 7.20. The molecule has 2 aromatic heterocycles. The highest BCUT2D eigenvalue weighted by Gasteiger charge is 2.34. The van der Waals surface area contributed by atoms with Gasteiger partial charge < -0.3 is 10.2 Å². The van der Waals surface area contributed by atoms with Crippen molar-refractivity contribution in [3.8, 4) is 0 Å². The molecule has 0 saturated carbocycles. The smallest absolute Gasteiger partial charge is 0.353 e. The first kappa shape index (κ1) is 22.5. The van der Waals surface area contributed by atoms with Crippen molar-refractivity contribution in [1.82, 2.24) is 15.2 Å². The molecule has 5 nitrogen and oxygen atoms in total. The molecule has 1 aliphatic heterocycles. The molecular formula is C21H26F3N3O2S. The number of fused-ring (bicyclic) bond motifs is 1. The lowest BCUT2D eigenvalue weighted by Crippen LogP contribution is -2.45. The number of hydrogen-bond acceptors (Lipinski definition) is 4. The number of halogens is 3. The summed E-state index contributed by atoms with van der Waals surface area (Å²) in [6.45, 7) is 8.69. The Morgan fingerprint density at radius 1 is 1.20 bits per heavy atom. The maximum atomic E-state index is 13.0. The third-order valence-corrected chi connectivity index (χ3v) is 7.00. The van der Waals surface area contributed by atoms with Crippen molar-refractivity contribution in [2.75, 3.05) is 13.1 Å². The molecular weight excluding hydrogens is 415 g/mol. The summed E-state index contributed by atoms with van der Waals surface area (Å²) in [4.78, 5) is 31.4. The Labute approximate surface area is 177 Å². The Bertz CT molecular complexity index is 947. The van der Waals surface area contributed by atoms with Crippen molar-refractivity contribution in [3.05, 3.63) is 28.3 Å². The van der Waals surface area contributed by atoms with E-state index in [9.17, 15) is 22.8 Å². The topological polar surface area (TPSA) is 62.3 Å². The third kappa shape index (κ3) is 4.61. The van der Waals surface area contributed by atoms with Crippen LogP contribution in [0.2, 0.25) is 0 Å². The number of alkyl halides is 3. The number of likely N-dealkylation sites (tertiary alicyclic amines) is 1. The summed E-state index contributed by atoms with van der Waals surface area (Å²) >= 11 is 0.993. The Morgan fingerprint density at radius 2 is 1.83 bits per heavy atom. The first-order chi connectivity index (χ1) is 14.0. The van der Waals surface area contributed by atoms with Crippen LogP contribution in [0.3, 0.4) is 0 Å². The van der Waals surface area contributed by atoms with E-state index in [1.54, 1.807) is 11.8 Å². The lowest BCUT2D eigenvalue weighted by Gasteiger charge is -2.32. The van der Waals surface area contributed by atoms with Crippen LogP contribution < -0.4 is 5.32 Å². The Morgan fingerprint density at radius 3 is 2.40 bits per heavy atom. The normalized spacial score (nSPS) is 16.9. The van der Waals surface area contributed by atoms with Crippen molar-refractivity contribution in [3.63, 3.8) is 0 Å². The molecule has 164 valence electrons. The average Bonchev–Trinajstić information content (AvgIpc) is 3.02. The second-order valence-electron chi connectivity index (χ2n) is 8.21.